The maximum absolute atomic E-state index is 12.6. The third-order valence-electron chi connectivity index (χ3n) is 6.00. The molecule has 0 aromatic carbocycles. The van der Waals surface area contributed by atoms with Crippen LogP contribution in [0.3, 0.4) is 0 Å². The zero-order valence-electron chi connectivity index (χ0n) is 19.5. The van der Waals surface area contributed by atoms with Gasteiger partial charge >= 0.3 is 0 Å². The molecule has 8 nitrogen and oxygen atoms in total. The lowest BCUT2D eigenvalue weighted by atomic mass is 9.95. The average molecular weight is 430 g/mol. The first kappa shape index (κ1) is 23.2. The summed E-state index contributed by atoms with van der Waals surface area (Å²) in [5.41, 5.74) is 4.29. The van der Waals surface area contributed by atoms with Crippen LogP contribution in [0.2, 0.25) is 0 Å². The fourth-order valence-corrected chi connectivity index (χ4v) is 4.20. The molecule has 3 rings (SSSR count). The topological polar surface area (TPSA) is 99.8 Å². The molecule has 1 fully saturated rings. The van der Waals surface area contributed by atoms with Crippen LogP contribution in [0.5, 0.6) is 0 Å². The lowest BCUT2D eigenvalue weighted by molar-refractivity contribution is -0.138. The predicted molar refractivity (Wildman–Crippen MR) is 119 cm³/mol. The highest BCUT2D eigenvalue weighted by Crippen LogP contribution is 2.30. The quantitative estimate of drug-likeness (QED) is 0.733. The van der Waals surface area contributed by atoms with Crippen molar-refractivity contribution in [1.29, 1.82) is 0 Å². The third kappa shape index (κ3) is 5.06. The van der Waals surface area contributed by atoms with E-state index in [2.05, 4.69) is 5.32 Å². The van der Waals surface area contributed by atoms with Gasteiger partial charge in [-0.3, -0.25) is 9.59 Å². The van der Waals surface area contributed by atoms with Crippen LogP contribution >= 0.6 is 0 Å². The number of hydrogen-bond donors (Lipinski definition) is 2. The van der Waals surface area contributed by atoms with Crippen LogP contribution in [-0.4, -0.2) is 62.2 Å². The van der Waals surface area contributed by atoms with Crippen molar-refractivity contribution >= 4 is 17.5 Å². The van der Waals surface area contributed by atoms with Crippen molar-refractivity contribution in [2.45, 2.75) is 72.8 Å². The van der Waals surface area contributed by atoms with E-state index in [0.29, 0.717) is 19.4 Å². The highest BCUT2D eigenvalue weighted by atomic mass is 16.3. The normalized spacial score (nSPS) is 17.9. The highest BCUT2D eigenvalue weighted by molar-refractivity contribution is 5.81. The van der Waals surface area contributed by atoms with Crippen LogP contribution in [-0.2, 0) is 16.0 Å². The molecule has 2 aromatic heterocycles. The highest BCUT2D eigenvalue weighted by Gasteiger charge is 2.34. The molecule has 0 bridgehead atoms. The van der Waals surface area contributed by atoms with E-state index < -0.39 is 0 Å². The molecule has 8 heteroatoms. The average Bonchev–Trinajstić information content (AvgIpc) is 3.33. The number of nitrogens with zero attached hydrogens (tertiary/aromatic N) is 4. The molecular formula is C23H35N5O3. The number of nitrogens with one attached hydrogen (secondary N) is 1. The minimum atomic E-state index is -0.376. The van der Waals surface area contributed by atoms with Gasteiger partial charge in [0.1, 0.15) is 0 Å². The number of hydrogen-bond acceptors (Lipinski definition) is 5. The van der Waals surface area contributed by atoms with Crippen molar-refractivity contribution < 1.29 is 14.7 Å². The predicted octanol–water partition coefficient (Wildman–Crippen LogP) is 2.14. The summed E-state index contributed by atoms with van der Waals surface area (Å²) in [6.07, 6.45) is 1.80. The number of aliphatic hydroxyl groups is 1. The van der Waals surface area contributed by atoms with E-state index in [-0.39, 0.29) is 35.8 Å². The standard InChI is InChI=1S/C23H35N5O3/c1-14(13-29)24-21(30)8-7-18-15(2)25-20-11-19(26-28(20)16(18)3)17-9-10-27(12-17)22(31)23(4,5)6/h11,14,17,29H,7-10,12-13H2,1-6H3,(H,24,30). The molecule has 0 aliphatic carbocycles. The van der Waals surface area contributed by atoms with Gasteiger partial charge in [0.2, 0.25) is 11.8 Å². The molecule has 170 valence electrons. The number of aromatic nitrogens is 3. The van der Waals surface area contributed by atoms with Crippen molar-refractivity contribution in [3.05, 3.63) is 28.7 Å². The van der Waals surface area contributed by atoms with E-state index in [1.54, 1.807) is 6.92 Å². The van der Waals surface area contributed by atoms with E-state index >= 15 is 0 Å². The summed E-state index contributed by atoms with van der Waals surface area (Å²) in [5, 5.41) is 16.7. The van der Waals surface area contributed by atoms with Crippen LogP contribution in [0.1, 0.15) is 69.1 Å². The fourth-order valence-electron chi connectivity index (χ4n) is 4.20. The largest absolute Gasteiger partial charge is 0.394 e. The summed E-state index contributed by atoms with van der Waals surface area (Å²) >= 11 is 0. The minimum absolute atomic E-state index is 0.0761. The monoisotopic (exact) mass is 429 g/mol. The van der Waals surface area contributed by atoms with Gasteiger partial charge in [0.25, 0.3) is 0 Å². The zero-order chi connectivity index (χ0) is 22.9. The van der Waals surface area contributed by atoms with Gasteiger partial charge in [-0.2, -0.15) is 5.10 Å². The number of aryl methyl sites for hydroxylation is 2. The summed E-state index contributed by atoms with van der Waals surface area (Å²) in [6, 6.07) is 1.77. The van der Waals surface area contributed by atoms with Crippen molar-refractivity contribution in [3.63, 3.8) is 0 Å². The number of likely N-dealkylation sites (tertiary alicyclic amines) is 1. The molecule has 2 unspecified atom stereocenters. The SMILES string of the molecule is Cc1nc2cc(C3CCN(C(=O)C(C)(C)C)C3)nn2c(C)c1CCC(=O)NC(C)CO. The van der Waals surface area contributed by atoms with Gasteiger partial charge in [-0.05, 0) is 39.2 Å². The number of rotatable bonds is 6. The Bertz CT molecular complexity index is 976. The Kier molecular flexibility index (Phi) is 6.69. The second kappa shape index (κ2) is 8.94. The first-order valence-corrected chi connectivity index (χ1v) is 11.1. The van der Waals surface area contributed by atoms with Gasteiger partial charge in [0.15, 0.2) is 5.65 Å². The Hall–Kier alpha value is -2.48. The van der Waals surface area contributed by atoms with Crippen molar-refractivity contribution in [2.75, 3.05) is 19.7 Å². The molecule has 3 heterocycles. The molecule has 31 heavy (non-hydrogen) atoms. The molecule has 0 radical (unpaired) electrons. The molecule has 2 atom stereocenters. The molecule has 1 saturated heterocycles. The number of carbonyl (C=O) groups is 2. The van der Waals surface area contributed by atoms with Crippen LogP contribution < -0.4 is 5.32 Å². The molecular weight excluding hydrogens is 394 g/mol. The summed E-state index contributed by atoms with van der Waals surface area (Å²) in [4.78, 5) is 31.4. The van der Waals surface area contributed by atoms with Gasteiger partial charge in [-0.25, -0.2) is 9.50 Å². The lowest BCUT2D eigenvalue weighted by Gasteiger charge is -2.25. The summed E-state index contributed by atoms with van der Waals surface area (Å²) in [6.45, 7) is 13.0. The number of fused-ring (bicyclic) bond motifs is 1. The molecule has 2 N–H and O–H groups in total. The molecule has 1 aliphatic rings. The molecule has 2 aromatic rings. The van der Waals surface area contributed by atoms with Gasteiger partial charge in [-0.15, -0.1) is 0 Å². The van der Waals surface area contributed by atoms with Gasteiger partial charge in [0.05, 0.1) is 12.3 Å². The van der Waals surface area contributed by atoms with E-state index in [1.165, 1.54) is 0 Å². The smallest absolute Gasteiger partial charge is 0.227 e. The van der Waals surface area contributed by atoms with Crippen LogP contribution in [0, 0.1) is 19.3 Å². The summed E-state index contributed by atoms with van der Waals surface area (Å²) < 4.78 is 1.86. The van der Waals surface area contributed by atoms with Crippen molar-refractivity contribution in [1.82, 2.24) is 24.8 Å². The first-order chi connectivity index (χ1) is 14.5. The summed E-state index contributed by atoms with van der Waals surface area (Å²) in [5.74, 6) is 0.304. The maximum atomic E-state index is 12.6. The lowest BCUT2D eigenvalue weighted by Crippen LogP contribution is -2.37. The first-order valence-electron chi connectivity index (χ1n) is 11.1. The van der Waals surface area contributed by atoms with Gasteiger partial charge in [-0.1, -0.05) is 20.8 Å². The number of amides is 2. The Balaban J connectivity index is 1.77. The van der Waals surface area contributed by atoms with Gasteiger partial charge < -0.3 is 15.3 Å². The Labute approximate surface area is 184 Å². The van der Waals surface area contributed by atoms with E-state index in [0.717, 1.165) is 41.3 Å². The Morgan fingerprint density at radius 2 is 2.03 bits per heavy atom. The third-order valence-corrected chi connectivity index (χ3v) is 6.00. The van der Waals surface area contributed by atoms with E-state index in [1.807, 2.05) is 50.1 Å². The molecule has 0 saturated carbocycles. The Morgan fingerprint density at radius 1 is 1.32 bits per heavy atom. The van der Waals surface area contributed by atoms with E-state index in [4.69, 9.17) is 15.2 Å². The maximum Gasteiger partial charge on any atom is 0.227 e. The second-order valence-electron chi connectivity index (χ2n) is 9.74. The minimum Gasteiger partial charge on any atom is -0.394 e. The number of aliphatic hydroxyl groups excluding tert-OH is 1. The zero-order valence-corrected chi connectivity index (χ0v) is 19.5. The van der Waals surface area contributed by atoms with Crippen LogP contribution in [0.15, 0.2) is 6.07 Å². The molecule has 1 aliphatic heterocycles. The number of carbonyl (C=O) groups excluding carboxylic acids is 2. The second-order valence-corrected chi connectivity index (χ2v) is 9.74. The molecule has 2 amide bonds. The van der Waals surface area contributed by atoms with Gasteiger partial charge in [0, 0.05) is 54.3 Å². The van der Waals surface area contributed by atoms with E-state index in [9.17, 15) is 9.59 Å². The van der Waals surface area contributed by atoms with Crippen LogP contribution in [0.25, 0.3) is 5.65 Å². The summed E-state index contributed by atoms with van der Waals surface area (Å²) in [7, 11) is 0. The Morgan fingerprint density at radius 3 is 2.68 bits per heavy atom. The van der Waals surface area contributed by atoms with Crippen molar-refractivity contribution in [2.24, 2.45) is 5.41 Å². The van der Waals surface area contributed by atoms with Crippen molar-refractivity contribution in [3.8, 4) is 0 Å². The van der Waals surface area contributed by atoms with Crippen LogP contribution in [0.4, 0.5) is 0 Å². The molecule has 0 spiro atoms. The fraction of sp³-hybridized carbons (Fsp3) is 0.652.